The van der Waals surface area contributed by atoms with Gasteiger partial charge in [-0.05, 0) is 31.7 Å². The van der Waals surface area contributed by atoms with Crippen molar-refractivity contribution in [2.75, 3.05) is 46.5 Å². The molecule has 2 aliphatic rings. The Morgan fingerprint density at radius 3 is 2.75 bits per heavy atom. The molecule has 3 rings (SSSR count). The van der Waals surface area contributed by atoms with Crippen LogP contribution in [-0.4, -0.2) is 69.6 Å². The quantitative estimate of drug-likeness (QED) is 0.268. The summed E-state index contributed by atoms with van der Waals surface area (Å²) < 4.78 is 17.7. The maximum Gasteiger partial charge on any atom is 0.193 e. The molecule has 3 unspecified atom stereocenters. The number of nitrogens with one attached hydrogen (secondary N) is 1. The van der Waals surface area contributed by atoms with Gasteiger partial charge in [0.1, 0.15) is 6.10 Å². The van der Waals surface area contributed by atoms with E-state index in [2.05, 4.69) is 34.3 Å². The summed E-state index contributed by atoms with van der Waals surface area (Å²) in [6, 6.07) is 10.3. The van der Waals surface area contributed by atoms with Crippen LogP contribution in [0.25, 0.3) is 0 Å². The number of benzene rings is 1. The summed E-state index contributed by atoms with van der Waals surface area (Å²) in [4.78, 5) is 6.73. The lowest BCUT2D eigenvalue weighted by Gasteiger charge is -2.37. The molecule has 1 N–H and O–H groups in total. The van der Waals surface area contributed by atoms with Gasteiger partial charge in [-0.3, -0.25) is 4.99 Å². The van der Waals surface area contributed by atoms with Crippen molar-refractivity contribution in [1.29, 1.82) is 0 Å². The summed E-state index contributed by atoms with van der Waals surface area (Å²) in [5, 5.41) is 3.46. The Morgan fingerprint density at radius 1 is 1.25 bits per heavy atom. The number of halogens is 1. The van der Waals surface area contributed by atoms with Crippen LogP contribution >= 0.6 is 24.0 Å². The van der Waals surface area contributed by atoms with E-state index in [1.165, 1.54) is 5.56 Å². The molecule has 1 aromatic carbocycles. The van der Waals surface area contributed by atoms with Gasteiger partial charge in [0.2, 0.25) is 0 Å². The molecule has 2 aliphatic heterocycles. The molecule has 0 saturated carbocycles. The summed E-state index contributed by atoms with van der Waals surface area (Å²) >= 11 is 0. The highest BCUT2D eigenvalue weighted by atomic mass is 127. The lowest BCUT2D eigenvalue weighted by molar-refractivity contribution is -0.0817. The van der Waals surface area contributed by atoms with E-state index in [0.29, 0.717) is 0 Å². The smallest absolute Gasteiger partial charge is 0.193 e. The van der Waals surface area contributed by atoms with E-state index in [-0.39, 0.29) is 42.3 Å². The molecule has 3 atom stereocenters. The number of rotatable bonds is 7. The van der Waals surface area contributed by atoms with Crippen LogP contribution in [0.3, 0.4) is 0 Å². The van der Waals surface area contributed by atoms with Gasteiger partial charge in [0.05, 0.1) is 18.8 Å². The first-order valence-electron chi connectivity index (χ1n) is 10.1. The topological polar surface area (TPSA) is 55.3 Å². The molecule has 2 saturated heterocycles. The maximum absolute atomic E-state index is 5.94. The number of hydrogen-bond donors (Lipinski definition) is 1. The minimum atomic E-state index is 0. The van der Waals surface area contributed by atoms with Crippen molar-refractivity contribution in [3.63, 3.8) is 0 Å². The second-order valence-corrected chi connectivity index (χ2v) is 7.16. The molecule has 0 aromatic heterocycles. The first-order chi connectivity index (χ1) is 13.3. The zero-order chi connectivity index (χ0) is 18.9. The summed E-state index contributed by atoms with van der Waals surface area (Å²) in [5.74, 6) is 0.942. The average Bonchev–Trinajstić information content (AvgIpc) is 3.26. The van der Waals surface area contributed by atoms with Gasteiger partial charge in [0.15, 0.2) is 5.96 Å². The van der Waals surface area contributed by atoms with Crippen LogP contribution in [0.1, 0.15) is 37.9 Å². The zero-order valence-electron chi connectivity index (χ0n) is 17.0. The monoisotopic (exact) mass is 503 g/mol. The van der Waals surface area contributed by atoms with Crippen LogP contribution in [-0.2, 0) is 14.2 Å². The molecule has 6 nitrogen and oxygen atoms in total. The van der Waals surface area contributed by atoms with E-state index in [0.717, 1.165) is 64.7 Å². The fourth-order valence-electron chi connectivity index (χ4n) is 3.67. The zero-order valence-corrected chi connectivity index (χ0v) is 19.3. The predicted molar refractivity (Wildman–Crippen MR) is 122 cm³/mol. The molecule has 0 aliphatic carbocycles. The minimum Gasteiger partial charge on any atom is -0.375 e. The van der Waals surface area contributed by atoms with Crippen LogP contribution in [0, 0.1) is 0 Å². The molecule has 158 valence electrons. The molecular formula is C21H34IN3O3. The molecule has 0 spiro atoms. The fraction of sp³-hybridized carbons (Fsp3) is 0.667. The third kappa shape index (κ3) is 6.86. The Labute approximate surface area is 186 Å². The van der Waals surface area contributed by atoms with Crippen molar-refractivity contribution in [2.24, 2.45) is 4.99 Å². The van der Waals surface area contributed by atoms with Crippen molar-refractivity contribution in [3.05, 3.63) is 35.9 Å². The van der Waals surface area contributed by atoms with Crippen LogP contribution < -0.4 is 5.32 Å². The van der Waals surface area contributed by atoms with E-state index in [1.54, 1.807) is 0 Å². The molecule has 2 heterocycles. The number of hydrogen-bond acceptors (Lipinski definition) is 4. The first-order valence-corrected chi connectivity index (χ1v) is 10.1. The van der Waals surface area contributed by atoms with Crippen molar-refractivity contribution in [2.45, 2.75) is 44.5 Å². The number of ether oxygens (including phenoxy) is 3. The third-order valence-electron chi connectivity index (χ3n) is 5.23. The molecule has 1 aromatic rings. The average molecular weight is 503 g/mol. The van der Waals surface area contributed by atoms with Crippen LogP contribution in [0.5, 0.6) is 0 Å². The molecule has 7 heteroatoms. The lowest BCUT2D eigenvalue weighted by atomic mass is 10.1. The van der Waals surface area contributed by atoms with Crippen LogP contribution in [0.4, 0.5) is 0 Å². The van der Waals surface area contributed by atoms with Crippen molar-refractivity contribution < 1.29 is 14.2 Å². The highest BCUT2D eigenvalue weighted by Gasteiger charge is 2.32. The summed E-state index contributed by atoms with van der Waals surface area (Å²) in [7, 11) is 1.84. The Bertz CT molecular complexity index is 582. The summed E-state index contributed by atoms with van der Waals surface area (Å²) in [6.45, 7) is 6.96. The van der Waals surface area contributed by atoms with Crippen LogP contribution in [0.2, 0.25) is 0 Å². The third-order valence-corrected chi connectivity index (χ3v) is 5.23. The second-order valence-electron chi connectivity index (χ2n) is 7.16. The van der Waals surface area contributed by atoms with Gasteiger partial charge in [0, 0.05) is 39.9 Å². The predicted octanol–water partition coefficient (Wildman–Crippen LogP) is 3.23. The minimum absolute atomic E-state index is 0. The number of nitrogens with zero attached hydrogens (tertiary/aromatic N) is 2. The van der Waals surface area contributed by atoms with E-state index < -0.39 is 0 Å². The van der Waals surface area contributed by atoms with E-state index in [4.69, 9.17) is 14.2 Å². The molecule has 0 amide bonds. The van der Waals surface area contributed by atoms with Gasteiger partial charge < -0.3 is 24.4 Å². The van der Waals surface area contributed by atoms with Crippen molar-refractivity contribution in [3.8, 4) is 0 Å². The van der Waals surface area contributed by atoms with E-state index >= 15 is 0 Å². The van der Waals surface area contributed by atoms with Gasteiger partial charge in [-0.1, -0.05) is 30.3 Å². The highest BCUT2D eigenvalue weighted by Crippen LogP contribution is 2.21. The lowest BCUT2D eigenvalue weighted by Crippen LogP contribution is -2.53. The Hall–Kier alpha value is -0.900. The van der Waals surface area contributed by atoms with Gasteiger partial charge in [-0.15, -0.1) is 24.0 Å². The number of morpholine rings is 1. The summed E-state index contributed by atoms with van der Waals surface area (Å²) in [5.41, 5.74) is 1.22. The number of guanidine groups is 1. The number of aliphatic imine (C=N–C) groups is 1. The van der Waals surface area contributed by atoms with Gasteiger partial charge >= 0.3 is 0 Å². The molecule has 0 bridgehead atoms. The highest BCUT2D eigenvalue weighted by molar-refractivity contribution is 14.0. The normalized spacial score (nSPS) is 23.9. The molecule has 2 fully saturated rings. The second kappa shape index (κ2) is 12.6. The van der Waals surface area contributed by atoms with E-state index in [9.17, 15) is 0 Å². The van der Waals surface area contributed by atoms with Crippen LogP contribution in [0.15, 0.2) is 35.3 Å². The first kappa shape index (κ1) is 23.4. The van der Waals surface area contributed by atoms with Gasteiger partial charge in [0.25, 0.3) is 0 Å². The Balaban J connectivity index is 0.00000280. The maximum atomic E-state index is 5.94. The fourth-order valence-corrected chi connectivity index (χ4v) is 3.67. The van der Waals surface area contributed by atoms with E-state index in [1.807, 2.05) is 25.2 Å². The Morgan fingerprint density at radius 2 is 2.04 bits per heavy atom. The molecule has 28 heavy (non-hydrogen) atoms. The Kier molecular flexibility index (Phi) is 10.5. The largest absolute Gasteiger partial charge is 0.375 e. The molecular weight excluding hydrogens is 469 g/mol. The van der Waals surface area contributed by atoms with Crippen molar-refractivity contribution >= 4 is 29.9 Å². The van der Waals surface area contributed by atoms with Crippen molar-refractivity contribution in [1.82, 2.24) is 10.2 Å². The van der Waals surface area contributed by atoms with Gasteiger partial charge in [-0.2, -0.15) is 0 Å². The van der Waals surface area contributed by atoms with Gasteiger partial charge in [-0.25, -0.2) is 0 Å². The molecule has 0 radical (unpaired) electrons. The summed E-state index contributed by atoms with van der Waals surface area (Å²) in [6.07, 6.45) is 3.68. The standard InChI is InChI=1S/C21H33N3O3.HI/c1-17(18-8-4-3-5-9-18)25-14-7-11-23-21(22-2)24-12-15-27-20(16-24)19-10-6-13-26-19;/h3-5,8-9,17,19-20H,6-7,10-16H2,1-2H3,(H,22,23);1H. The SMILES string of the molecule is CN=C(NCCCOC(C)c1ccccc1)N1CCOC(C2CCCO2)C1.I.